The van der Waals surface area contributed by atoms with E-state index in [2.05, 4.69) is 39.5 Å². The molecule has 8 heteroatoms. The number of nitrogens with zero attached hydrogens (tertiary/aromatic N) is 4. The standard InChI is InChI=1S/C13H25N7O/c1-3-20(4-2)13-17-11(16-12(18-13)19-14)15-8-9-5-6-10(21)7-9/h9-10,21H,3-8,14H2,1-2H3,(H2,15,16,17,18,19). The van der Waals surface area contributed by atoms with Gasteiger partial charge in [-0.2, -0.15) is 15.0 Å². The van der Waals surface area contributed by atoms with Crippen molar-refractivity contribution < 1.29 is 5.11 Å². The van der Waals surface area contributed by atoms with Gasteiger partial charge in [0.1, 0.15) is 0 Å². The third kappa shape index (κ3) is 4.15. The van der Waals surface area contributed by atoms with Gasteiger partial charge in [0.2, 0.25) is 17.8 Å². The van der Waals surface area contributed by atoms with E-state index in [-0.39, 0.29) is 6.10 Å². The fourth-order valence-corrected chi connectivity index (χ4v) is 2.63. The SMILES string of the molecule is CCN(CC)c1nc(NN)nc(NCC2CCC(O)C2)n1. The van der Waals surface area contributed by atoms with E-state index in [0.29, 0.717) is 23.8 Å². The van der Waals surface area contributed by atoms with Crippen molar-refractivity contribution in [1.29, 1.82) is 0 Å². The van der Waals surface area contributed by atoms with Gasteiger partial charge >= 0.3 is 0 Å². The van der Waals surface area contributed by atoms with E-state index in [0.717, 1.165) is 38.9 Å². The van der Waals surface area contributed by atoms with Crippen LogP contribution in [0, 0.1) is 5.92 Å². The van der Waals surface area contributed by atoms with E-state index in [4.69, 9.17) is 5.84 Å². The number of aromatic nitrogens is 3. The molecule has 2 atom stereocenters. The minimum absolute atomic E-state index is 0.164. The van der Waals surface area contributed by atoms with Gasteiger partial charge in [-0.05, 0) is 39.0 Å². The summed E-state index contributed by atoms with van der Waals surface area (Å²) in [6.07, 6.45) is 2.58. The minimum Gasteiger partial charge on any atom is -0.393 e. The van der Waals surface area contributed by atoms with E-state index in [1.54, 1.807) is 0 Å². The fourth-order valence-electron chi connectivity index (χ4n) is 2.63. The van der Waals surface area contributed by atoms with E-state index in [1.807, 2.05) is 4.90 Å². The summed E-state index contributed by atoms with van der Waals surface area (Å²) < 4.78 is 0. The average molecular weight is 295 g/mol. The van der Waals surface area contributed by atoms with Crippen molar-refractivity contribution in [2.24, 2.45) is 11.8 Å². The number of rotatable bonds is 7. The second kappa shape index (κ2) is 7.37. The Morgan fingerprint density at radius 1 is 1.19 bits per heavy atom. The Bertz CT molecular complexity index is 452. The number of nitrogens with one attached hydrogen (secondary N) is 2. The molecule has 0 bridgehead atoms. The van der Waals surface area contributed by atoms with Crippen LogP contribution < -0.4 is 21.5 Å². The lowest BCUT2D eigenvalue weighted by Gasteiger charge is -2.20. The second-order valence-corrected chi connectivity index (χ2v) is 5.31. The lowest BCUT2D eigenvalue weighted by molar-refractivity contribution is 0.178. The fraction of sp³-hybridized carbons (Fsp3) is 0.769. The number of aliphatic hydroxyl groups is 1. The van der Waals surface area contributed by atoms with Crippen molar-refractivity contribution in [3.05, 3.63) is 0 Å². The Hall–Kier alpha value is -1.67. The average Bonchev–Trinajstić information content (AvgIpc) is 2.92. The Morgan fingerprint density at radius 2 is 1.90 bits per heavy atom. The van der Waals surface area contributed by atoms with Crippen molar-refractivity contribution >= 4 is 17.8 Å². The molecule has 0 amide bonds. The van der Waals surface area contributed by atoms with E-state index in [9.17, 15) is 5.11 Å². The topological polar surface area (TPSA) is 112 Å². The highest BCUT2D eigenvalue weighted by molar-refractivity contribution is 5.43. The first kappa shape index (κ1) is 15.7. The van der Waals surface area contributed by atoms with Crippen LogP contribution in [0.3, 0.4) is 0 Å². The number of hydrazine groups is 1. The summed E-state index contributed by atoms with van der Waals surface area (Å²) >= 11 is 0. The first-order valence-electron chi connectivity index (χ1n) is 7.55. The highest BCUT2D eigenvalue weighted by atomic mass is 16.3. The smallest absolute Gasteiger partial charge is 0.243 e. The molecule has 21 heavy (non-hydrogen) atoms. The van der Waals surface area contributed by atoms with Gasteiger partial charge in [-0.3, -0.25) is 5.43 Å². The number of anilines is 3. The molecule has 1 saturated carbocycles. The molecule has 0 saturated heterocycles. The zero-order chi connectivity index (χ0) is 15.2. The molecule has 0 spiro atoms. The molecule has 1 aromatic heterocycles. The van der Waals surface area contributed by atoms with Crippen LogP contribution in [0.1, 0.15) is 33.1 Å². The maximum atomic E-state index is 9.56. The molecule has 0 radical (unpaired) electrons. The van der Waals surface area contributed by atoms with Crippen LogP contribution in [-0.4, -0.2) is 45.8 Å². The number of nitrogen functional groups attached to an aromatic ring is 1. The Balaban J connectivity index is 2.05. The van der Waals surface area contributed by atoms with Crippen LogP contribution in [0.4, 0.5) is 17.8 Å². The summed E-state index contributed by atoms with van der Waals surface area (Å²) in [7, 11) is 0. The van der Waals surface area contributed by atoms with E-state index < -0.39 is 0 Å². The van der Waals surface area contributed by atoms with Gasteiger partial charge in [0.25, 0.3) is 0 Å². The van der Waals surface area contributed by atoms with Gasteiger partial charge in [0, 0.05) is 19.6 Å². The number of hydrogen-bond donors (Lipinski definition) is 4. The molecule has 1 heterocycles. The molecular weight excluding hydrogens is 270 g/mol. The Kier molecular flexibility index (Phi) is 5.51. The molecular formula is C13H25N7O. The molecule has 0 aromatic carbocycles. The van der Waals surface area contributed by atoms with Crippen LogP contribution in [0.15, 0.2) is 0 Å². The molecule has 1 aliphatic rings. The molecule has 2 rings (SSSR count). The molecule has 1 aromatic rings. The van der Waals surface area contributed by atoms with Gasteiger partial charge < -0.3 is 15.3 Å². The lowest BCUT2D eigenvalue weighted by atomic mass is 10.1. The summed E-state index contributed by atoms with van der Waals surface area (Å²) in [6, 6.07) is 0. The normalized spacial score (nSPS) is 21.3. The maximum absolute atomic E-state index is 9.56. The van der Waals surface area contributed by atoms with Gasteiger partial charge in [-0.25, -0.2) is 5.84 Å². The molecule has 2 unspecified atom stereocenters. The van der Waals surface area contributed by atoms with Crippen molar-refractivity contribution in [3.8, 4) is 0 Å². The zero-order valence-corrected chi connectivity index (χ0v) is 12.7. The van der Waals surface area contributed by atoms with E-state index >= 15 is 0 Å². The van der Waals surface area contributed by atoms with Crippen molar-refractivity contribution in [2.75, 3.05) is 35.3 Å². The number of aliphatic hydroxyl groups excluding tert-OH is 1. The summed E-state index contributed by atoms with van der Waals surface area (Å²) in [6.45, 7) is 6.49. The molecule has 1 fully saturated rings. The van der Waals surface area contributed by atoms with Crippen molar-refractivity contribution in [2.45, 2.75) is 39.2 Å². The predicted molar refractivity (Wildman–Crippen MR) is 83.0 cm³/mol. The largest absolute Gasteiger partial charge is 0.393 e. The Labute approximate surface area is 125 Å². The number of nitrogens with two attached hydrogens (primary N) is 1. The molecule has 8 nitrogen and oxygen atoms in total. The van der Waals surface area contributed by atoms with E-state index in [1.165, 1.54) is 0 Å². The second-order valence-electron chi connectivity index (χ2n) is 5.31. The van der Waals surface area contributed by atoms with Gasteiger partial charge in [0.05, 0.1) is 6.10 Å². The molecule has 5 N–H and O–H groups in total. The van der Waals surface area contributed by atoms with Crippen molar-refractivity contribution in [3.63, 3.8) is 0 Å². The monoisotopic (exact) mass is 295 g/mol. The first-order chi connectivity index (χ1) is 10.2. The molecule has 0 aliphatic heterocycles. The summed E-state index contributed by atoms with van der Waals surface area (Å²) in [5, 5.41) is 12.8. The van der Waals surface area contributed by atoms with Crippen LogP contribution >= 0.6 is 0 Å². The Morgan fingerprint density at radius 3 is 2.48 bits per heavy atom. The summed E-state index contributed by atoms with van der Waals surface area (Å²) in [5.41, 5.74) is 2.48. The van der Waals surface area contributed by atoms with Crippen LogP contribution in [0.2, 0.25) is 0 Å². The third-order valence-corrected chi connectivity index (χ3v) is 3.86. The predicted octanol–water partition coefficient (Wildman–Crippen LogP) is 0.576. The quantitative estimate of drug-likeness (QED) is 0.427. The van der Waals surface area contributed by atoms with Gasteiger partial charge in [-0.1, -0.05) is 0 Å². The lowest BCUT2D eigenvalue weighted by Crippen LogP contribution is -2.26. The van der Waals surface area contributed by atoms with Gasteiger partial charge in [-0.15, -0.1) is 0 Å². The third-order valence-electron chi connectivity index (χ3n) is 3.86. The molecule has 1 aliphatic carbocycles. The van der Waals surface area contributed by atoms with Crippen LogP contribution in [-0.2, 0) is 0 Å². The first-order valence-corrected chi connectivity index (χ1v) is 7.55. The van der Waals surface area contributed by atoms with Crippen LogP contribution in [0.5, 0.6) is 0 Å². The number of hydrogen-bond acceptors (Lipinski definition) is 8. The van der Waals surface area contributed by atoms with Gasteiger partial charge in [0.15, 0.2) is 0 Å². The highest BCUT2D eigenvalue weighted by Gasteiger charge is 2.22. The summed E-state index contributed by atoms with van der Waals surface area (Å²) in [4.78, 5) is 15.0. The maximum Gasteiger partial charge on any atom is 0.243 e. The summed E-state index contributed by atoms with van der Waals surface area (Å²) in [5.74, 6) is 7.36. The minimum atomic E-state index is -0.164. The van der Waals surface area contributed by atoms with Crippen LogP contribution in [0.25, 0.3) is 0 Å². The molecule has 118 valence electrons. The van der Waals surface area contributed by atoms with Crippen molar-refractivity contribution in [1.82, 2.24) is 15.0 Å². The highest BCUT2D eigenvalue weighted by Crippen LogP contribution is 2.25. The zero-order valence-electron chi connectivity index (χ0n) is 12.7.